The van der Waals surface area contributed by atoms with E-state index in [1.165, 1.54) is 20.3 Å². The highest BCUT2D eigenvalue weighted by atomic mass is 35.5. The number of halogens is 1. The average molecular weight is 243 g/mol. The predicted molar refractivity (Wildman–Crippen MR) is 61.2 cm³/mol. The van der Waals surface area contributed by atoms with Crippen LogP contribution in [0.25, 0.3) is 6.08 Å². The van der Waals surface area contributed by atoms with Crippen LogP contribution in [-0.2, 0) is 4.79 Å². The van der Waals surface area contributed by atoms with Gasteiger partial charge in [-0.3, -0.25) is 0 Å². The van der Waals surface area contributed by atoms with E-state index in [-0.39, 0.29) is 0 Å². The van der Waals surface area contributed by atoms with Crippen LogP contribution >= 0.6 is 11.6 Å². The van der Waals surface area contributed by atoms with E-state index in [2.05, 4.69) is 0 Å². The SMILES string of the molecule is COc1cc(Cl)cc(/C=C/C(=O)O)c1OC. The third-order valence-electron chi connectivity index (χ3n) is 1.88. The average Bonchev–Trinajstić information content (AvgIpc) is 2.25. The van der Waals surface area contributed by atoms with Gasteiger partial charge in [0, 0.05) is 22.7 Å². The van der Waals surface area contributed by atoms with Crippen molar-refractivity contribution in [1.82, 2.24) is 0 Å². The minimum atomic E-state index is -1.04. The fourth-order valence-corrected chi connectivity index (χ4v) is 1.46. The zero-order valence-corrected chi connectivity index (χ0v) is 9.62. The van der Waals surface area contributed by atoms with E-state index in [9.17, 15) is 4.79 Å². The van der Waals surface area contributed by atoms with Gasteiger partial charge < -0.3 is 14.6 Å². The Bertz CT molecular complexity index is 426. The molecule has 0 amide bonds. The molecule has 0 heterocycles. The molecule has 4 nitrogen and oxygen atoms in total. The van der Waals surface area contributed by atoms with E-state index in [0.29, 0.717) is 22.1 Å². The first-order chi connectivity index (χ1) is 7.58. The number of hydrogen-bond acceptors (Lipinski definition) is 3. The summed E-state index contributed by atoms with van der Waals surface area (Å²) < 4.78 is 10.2. The zero-order chi connectivity index (χ0) is 12.1. The van der Waals surface area contributed by atoms with Crippen LogP contribution in [0.3, 0.4) is 0 Å². The number of benzene rings is 1. The number of hydrogen-bond donors (Lipinski definition) is 1. The van der Waals surface area contributed by atoms with Crippen LogP contribution in [0.5, 0.6) is 11.5 Å². The van der Waals surface area contributed by atoms with Gasteiger partial charge in [-0.25, -0.2) is 4.79 Å². The fourth-order valence-electron chi connectivity index (χ4n) is 1.24. The largest absolute Gasteiger partial charge is 0.493 e. The molecule has 1 aromatic carbocycles. The predicted octanol–water partition coefficient (Wildman–Crippen LogP) is 2.46. The third kappa shape index (κ3) is 2.90. The molecule has 5 heteroatoms. The molecule has 1 N–H and O–H groups in total. The van der Waals surface area contributed by atoms with Crippen molar-refractivity contribution >= 4 is 23.6 Å². The number of carbonyl (C=O) groups is 1. The van der Waals surface area contributed by atoms with Crippen molar-refractivity contribution in [2.75, 3.05) is 14.2 Å². The molecule has 0 aliphatic heterocycles. The smallest absolute Gasteiger partial charge is 0.328 e. The van der Waals surface area contributed by atoms with Gasteiger partial charge in [0.25, 0.3) is 0 Å². The van der Waals surface area contributed by atoms with E-state index >= 15 is 0 Å². The molecule has 0 aliphatic carbocycles. The zero-order valence-electron chi connectivity index (χ0n) is 8.86. The molecule has 1 aromatic rings. The minimum Gasteiger partial charge on any atom is -0.493 e. The Balaban J connectivity index is 3.25. The van der Waals surface area contributed by atoms with Crippen LogP contribution in [-0.4, -0.2) is 25.3 Å². The Labute approximate surface area is 98.1 Å². The monoisotopic (exact) mass is 242 g/mol. The van der Waals surface area contributed by atoms with Gasteiger partial charge in [-0.2, -0.15) is 0 Å². The molecule has 0 fully saturated rings. The van der Waals surface area contributed by atoms with Crippen molar-refractivity contribution in [3.05, 3.63) is 28.8 Å². The molecular weight excluding hydrogens is 232 g/mol. The van der Waals surface area contributed by atoms with Gasteiger partial charge in [0.15, 0.2) is 11.5 Å². The Morgan fingerprint density at radius 2 is 2.06 bits per heavy atom. The molecule has 0 aliphatic rings. The van der Waals surface area contributed by atoms with E-state index in [4.69, 9.17) is 26.2 Å². The highest BCUT2D eigenvalue weighted by molar-refractivity contribution is 6.31. The van der Waals surface area contributed by atoms with E-state index in [0.717, 1.165) is 6.08 Å². The van der Waals surface area contributed by atoms with Gasteiger partial charge in [-0.1, -0.05) is 11.6 Å². The first-order valence-electron chi connectivity index (χ1n) is 4.41. The second-order valence-corrected chi connectivity index (χ2v) is 3.34. The van der Waals surface area contributed by atoms with E-state index in [1.807, 2.05) is 0 Å². The molecule has 0 bridgehead atoms. The minimum absolute atomic E-state index is 0.447. The second-order valence-electron chi connectivity index (χ2n) is 2.90. The summed E-state index contributed by atoms with van der Waals surface area (Å²) in [6.07, 6.45) is 2.41. The number of carboxylic acid groups (broad SMARTS) is 1. The number of ether oxygens (including phenoxy) is 2. The van der Waals surface area contributed by atoms with Crippen molar-refractivity contribution in [1.29, 1.82) is 0 Å². The molecule has 16 heavy (non-hydrogen) atoms. The first-order valence-corrected chi connectivity index (χ1v) is 4.78. The van der Waals surface area contributed by atoms with Crippen molar-refractivity contribution in [2.45, 2.75) is 0 Å². The van der Waals surface area contributed by atoms with Crippen LogP contribution in [0.1, 0.15) is 5.56 Å². The molecule has 0 saturated carbocycles. The van der Waals surface area contributed by atoms with E-state index < -0.39 is 5.97 Å². The van der Waals surface area contributed by atoms with Crippen molar-refractivity contribution in [3.8, 4) is 11.5 Å². The number of aliphatic carboxylic acids is 1. The van der Waals surface area contributed by atoms with Gasteiger partial charge in [0.1, 0.15) is 0 Å². The first kappa shape index (κ1) is 12.4. The van der Waals surface area contributed by atoms with Gasteiger partial charge >= 0.3 is 5.97 Å². The lowest BCUT2D eigenvalue weighted by molar-refractivity contribution is -0.131. The van der Waals surface area contributed by atoms with Crippen molar-refractivity contribution in [3.63, 3.8) is 0 Å². The summed E-state index contributed by atoms with van der Waals surface area (Å²) in [6.45, 7) is 0. The fraction of sp³-hybridized carbons (Fsp3) is 0.182. The molecule has 0 saturated heterocycles. The molecule has 0 radical (unpaired) electrons. The summed E-state index contributed by atoms with van der Waals surface area (Å²) in [4.78, 5) is 10.4. The third-order valence-corrected chi connectivity index (χ3v) is 2.10. The lowest BCUT2D eigenvalue weighted by atomic mass is 10.1. The maximum atomic E-state index is 10.4. The molecular formula is C11H11ClO4. The molecule has 1 rings (SSSR count). The van der Waals surface area contributed by atoms with Crippen LogP contribution in [0, 0.1) is 0 Å². The molecule has 0 aromatic heterocycles. The number of carboxylic acids is 1. The summed E-state index contributed by atoms with van der Waals surface area (Å²) in [5.74, 6) is -0.134. The maximum Gasteiger partial charge on any atom is 0.328 e. The van der Waals surface area contributed by atoms with Crippen molar-refractivity contribution < 1.29 is 19.4 Å². The Hall–Kier alpha value is -1.68. The van der Waals surface area contributed by atoms with E-state index in [1.54, 1.807) is 12.1 Å². The lowest BCUT2D eigenvalue weighted by Crippen LogP contribution is -1.94. The summed E-state index contributed by atoms with van der Waals surface area (Å²) in [6, 6.07) is 3.20. The summed E-state index contributed by atoms with van der Waals surface area (Å²) >= 11 is 5.86. The summed E-state index contributed by atoms with van der Waals surface area (Å²) in [7, 11) is 2.96. The quantitative estimate of drug-likeness (QED) is 0.824. The summed E-state index contributed by atoms with van der Waals surface area (Å²) in [5.41, 5.74) is 0.550. The molecule has 0 unspecified atom stereocenters. The highest BCUT2D eigenvalue weighted by Crippen LogP contribution is 2.35. The van der Waals surface area contributed by atoms with Crippen LogP contribution < -0.4 is 9.47 Å². The topological polar surface area (TPSA) is 55.8 Å². The number of methoxy groups -OCH3 is 2. The van der Waals surface area contributed by atoms with Crippen LogP contribution in [0.15, 0.2) is 18.2 Å². The standard InChI is InChI=1S/C11H11ClO4/c1-15-9-6-8(12)5-7(11(9)16-2)3-4-10(13)14/h3-6H,1-2H3,(H,13,14)/b4-3+. The number of rotatable bonds is 4. The lowest BCUT2D eigenvalue weighted by Gasteiger charge is -2.10. The van der Waals surface area contributed by atoms with Gasteiger partial charge in [-0.05, 0) is 12.1 Å². The molecule has 0 spiro atoms. The Morgan fingerprint density at radius 3 is 2.56 bits per heavy atom. The maximum absolute atomic E-state index is 10.4. The van der Waals surface area contributed by atoms with Gasteiger partial charge in [0.2, 0.25) is 0 Å². The van der Waals surface area contributed by atoms with Crippen LogP contribution in [0.2, 0.25) is 5.02 Å². The highest BCUT2D eigenvalue weighted by Gasteiger charge is 2.09. The van der Waals surface area contributed by atoms with Crippen molar-refractivity contribution in [2.24, 2.45) is 0 Å². The molecule has 0 atom stereocenters. The summed E-state index contributed by atoms with van der Waals surface area (Å²) in [5, 5.41) is 8.99. The normalized spacial score (nSPS) is 10.4. The Kier molecular flexibility index (Phi) is 4.19. The van der Waals surface area contributed by atoms with Gasteiger partial charge in [-0.15, -0.1) is 0 Å². The Morgan fingerprint density at radius 1 is 1.38 bits per heavy atom. The second kappa shape index (κ2) is 5.42. The molecule has 86 valence electrons. The van der Waals surface area contributed by atoms with Crippen LogP contribution in [0.4, 0.5) is 0 Å². The van der Waals surface area contributed by atoms with Gasteiger partial charge in [0.05, 0.1) is 14.2 Å².